The maximum absolute atomic E-state index is 12.4. The van der Waals surface area contributed by atoms with Gasteiger partial charge in [-0.05, 0) is 31.9 Å². The Bertz CT molecular complexity index is 724. The number of rotatable bonds is 4. The van der Waals surface area contributed by atoms with Crippen LogP contribution in [0.5, 0.6) is 0 Å². The minimum Gasteiger partial charge on any atom is -0.440 e. The quantitative estimate of drug-likeness (QED) is 0.873. The Morgan fingerprint density at radius 1 is 1.14 bits per heavy atom. The van der Waals surface area contributed by atoms with Gasteiger partial charge in [0.15, 0.2) is 5.76 Å². The van der Waals surface area contributed by atoms with Gasteiger partial charge < -0.3 is 8.94 Å². The summed E-state index contributed by atoms with van der Waals surface area (Å²) < 4.78 is 38.1. The van der Waals surface area contributed by atoms with Gasteiger partial charge in [0, 0.05) is 12.1 Å². The van der Waals surface area contributed by atoms with Crippen LogP contribution in [-0.2, 0) is 10.0 Å². The van der Waals surface area contributed by atoms with Gasteiger partial charge in [-0.15, -0.1) is 0 Å². The molecule has 1 N–H and O–H groups in total. The number of sulfonamides is 1. The first-order chi connectivity index (χ1) is 10.5. The summed E-state index contributed by atoms with van der Waals surface area (Å²) >= 11 is 0. The second-order valence-corrected chi connectivity index (χ2v) is 7.41. The van der Waals surface area contributed by atoms with E-state index >= 15 is 0 Å². The molecule has 0 aromatic carbocycles. The first-order valence-electron chi connectivity index (χ1n) is 7.60. The van der Waals surface area contributed by atoms with Gasteiger partial charge in [-0.2, -0.15) is 0 Å². The molecule has 1 saturated carbocycles. The monoisotopic (exact) mass is 324 g/mol. The molecule has 2 aromatic rings. The largest absolute Gasteiger partial charge is 0.440 e. The van der Waals surface area contributed by atoms with E-state index in [1.807, 2.05) is 0 Å². The van der Waals surface area contributed by atoms with Crippen LogP contribution in [0, 0.1) is 6.92 Å². The smallest absolute Gasteiger partial charge is 0.274 e. The molecule has 0 unspecified atom stereocenters. The van der Waals surface area contributed by atoms with Gasteiger partial charge >= 0.3 is 0 Å². The molecule has 0 aliphatic heterocycles. The molecule has 3 rings (SSSR count). The molecule has 1 aliphatic rings. The van der Waals surface area contributed by atoms with Crippen molar-refractivity contribution >= 4 is 10.0 Å². The van der Waals surface area contributed by atoms with Crippen LogP contribution < -0.4 is 4.72 Å². The molecular weight excluding hydrogens is 304 g/mol. The number of hydrogen-bond donors (Lipinski definition) is 1. The molecule has 22 heavy (non-hydrogen) atoms. The third kappa shape index (κ3) is 3.41. The maximum atomic E-state index is 12.4. The number of nitrogens with one attached hydrogen (secondary N) is 1. The van der Waals surface area contributed by atoms with Crippen molar-refractivity contribution in [2.24, 2.45) is 0 Å². The fraction of sp³-hybridized carbons (Fsp3) is 0.533. The Kier molecular flexibility index (Phi) is 4.35. The molecule has 120 valence electrons. The summed E-state index contributed by atoms with van der Waals surface area (Å²) in [6.07, 6.45) is 6.24. The predicted molar refractivity (Wildman–Crippen MR) is 80.8 cm³/mol. The average Bonchev–Trinajstić information content (AvgIpc) is 3.04. The first kappa shape index (κ1) is 15.3. The van der Waals surface area contributed by atoms with E-state index < -0.39 is 10.0 Å². The molecule has 0 saturated heterocycles. The lowest BCUT2D eigenvalue weighted by Crippen LogP contribution is -2.34. The summed E-state index contributed by atoms with van der Waals surface area (Å²) in [6.45, 7) is 1.79. The molecule has 2 heterocycles. The third-order valence-electron chi connectivity index (χ3n) is 3.89. The van der Waals surface area contributed by atoms with E-state index in [0.717, 1.165) is 25.7 Å². The Labute approximate surface area is 129 Å². The Balaban J connectivity index is 1.76. The van der Waals surface area contributed by atoms with Crippen molar-refractivity contribution in [1.82, 2.24) is 9.88 Å². The second kappa shape index (κ2) is 6.26. The van der Waals surface area contributed by atoms with Crippen LogP contribution in [0.25, 0.3) is 11.5 Å². The molecule has 1 fully saturated rings. The van der Waals surface area contributed by atoms with E-state index in [4.69, 9.17) is 8.94 Å². The van der Waals surface area contributed by atoms with Gasteiger partial charge in [0.1, 0.15) is 0 Å². The van der Waals surface area contributed by atoms with E-state index in [2.05, 4.69) is 9.88 Å². The standard InChI is InChI=1S/C15H20N2O4S/c1-11-10-14(21-16-11)13-8-9-15(20-13)22(18,19)17-12-6-4-2-3-5-7-12/h8-10,12,17H,2-7H2,1H3. The molecule has 2 aromatic heterocycles. The van der Waals surface area contributed by atoms with Gasteiger partial charge in [-0.1, -0.05) is 30.8 Å². The summed E-state index contributed by atoms with van der Waals surface area (Å²) in [7, 11) is -3.64. The molecular formula is C15H20N2O4S. The van der Waals surface area contributed by atoms with Gasteiger partial charge in [0.25, 0.3) is 10.0 Å². The minimum atomic E-state index is -3.64. The Morgan fingerprint density at radius 2 is 1.86 bits per heavy atom. The zero-order valence-corrected chi connectivity index (χ0v) is 13.4. The number of nitrogens with zero attached hydrogens (tertiary/aromatic N) is 1. The summed E-state index contributed by atoms with van der Waals surface area (Å²) in [6, 6.07) is 4.73. The molecule has 7 heteroatoms. The molecule has 0 amide bonds. The summed E-state index contributed by atoms with van der Waals surface area (Å²) in [5, 5.41) is 3.69. The molecule has 0 atom stereocenters. The fourth-order valence-corrected chi connectivity index (χ4v) is 3.99. The van der Waals surface area contributed by atoms with E-state index in [1.54, 1.807) is 19.1 Å². The van der Waals surface area contributed by atoms with Crippen LogP contribution in [0.3, 0.4) is 0 Å². The highest BCUT2D eigenvalue weighted by Crippen LogP contribution is 2.26. The van der Waals surface area contributed by atoms with Gasteiger partial charge in [0.2, 0.25) is 10.9 Å². The van der Waals surface area contributed by atoms with Gasteiger partial charge in [-0.3, -0.25) is 0 Å². The van der Waals surface area contributed by atoms with Crippen LogP contribution in [0.15, 0.2) is 32.2 Å². The van der Waals surface area contributed by atoms with Gasteiger partial charge in [-0.25, -0.2) is 13.1 Å². The Morgan fingerprint density at radius 3 is 2.50 bits per heavy atom. The van der Waals surface area contributed by atoms with E-state index in [1.165, 1.54) is 18.9 Å². The van der Waals surface area contributed by atoms with Crippen molar-refractivity contribution in [1.29, 1.82) is 0 Å². The molecule has 6 nitrogen and oxygen atoms in total. The lowest BCUT2D eigenvalue weighted by Gasteiger charge is -2.14. The number of aromatic nitrogens is 1. The highest BCUT2D eigenvalue weighted by molar-refractivity contribution is 7.89. The average molecular weight is 324 g/mol. The summed E-state index contributed by atoms with van der Waals surface area (Å²) in [5.74, 6) is 0.787. The van der Waals surface area contributed by atoms with E-state index in [-0.39, 0.29) is 11.1 Å². The van der Waals surface area contributed by atoms with Crippen LogP contribution >= 0.6 is 0 Å². The molecule has 0 spiro atoms. The van der Waals surface area contributed by atoms with Crippen molar-refractivity contribution in [2.75, 3.05) is 0 Å². The summed E-state index contributed by atoms with van der Waals surface area (Å²) in [4.78, 5) is 0. The lowest BCUT2D eigenvalue weighted by atomic mass is 10.1. The molecule has 0 radical (unpaired) electrons. The van der Waals surface area contributed by atoms with Crippen molar-refractivity contribution in [2.45, 2.75) is 56.6 Å². The maximum Gasteiger partial charge on any atom is 0.274 e. The third-order valence-corrected chi connectivity index (χ3v) is 5.29. The minimum absolute atomic E-state index is 0.00595. The van der Waals surface area contributed by atoms with Crippen LogP contribution in [0.1, 0.15) is 44.2 Å². The van der Waals surface area contributed by atoms with Crippen molar-refractivity contribution in [3.63, 3.8) is 0 Å². The highest BCUT2D eigenvalue weighted by atomic mass is 32.2. The van der Waals surface area contributed by atoms with Crippen molar-refractivity contribution in [3.05, 3.63) is 23.9 Å². The van der Waals surface area contributed by atoms with Crippen LogP contribution in [-0.4, -0.2) is 19.6 Å². The van der Waals surface area contributed by atoms with E-state index in [9.17, 15) is 8.42 Å². The number of hydrogen-bond acceptors (Lipinski definition) is 5. The number of aryl methyl sites for hydroxylation is 1. The number of furan rings is 1. The highest BCUT2D eigenvalue weighted by Gasteiger charge is 2.24. The predicted octanol–water partition coefficient (Wildman–Crippen LogP) is 3.24. The second-order valence-electron chi connectivity index (χ2n) is 5.76. The Hall–Kier alpha value is -1.60. The molecule has 0 bridgehead atoms. The molecule has 1 aliphatic carbocycles. The normalized spacial score (nSPS) is 17.5. The SMILES string of the molecule is Cc1cc(-c2ccc(S(=O)(=O)NC3CCCCCC3)o2)on1. The van der Waals surface area contributed by atoms with Crippen molar-refractivity contribution < 1.29 is 17.4 Å². The zero-order valence-electron chi connectivity index (χ0n) is 12.5. The lowest BCUT2D eigenvalue weighted by molar-refractivity contribution is 0.396. The van der Waals surface area contributed by atoms with Crippen molar-refractivity contribution in [3.8, 4) is 11.5 Å². The van der Waals surface area contributed by atoms with Gasteiger partial charge in [0.05, 0.1) is 5.69 Å². The van der Waals surface area contributed by atoms with Crippen LogP contribution in [0.4, 0.5) is 0 Å². The fourth-order valence-electron chi connectivity index (χ4n) is 2.75. The topological polar surface area (TPSA) is 85.3 Å². The van der Waals surface area contributed by atoms with Crippen LogP contribution in [0.2, 0.25) is 0 Å². The first-order valence-corrected chi connectivity index (χ1v) is 9.09. The zero-order chi connectivity index (χ0) is 15.6. The van der Waals surface area contributed by atoms with E-state index in [0.29, 0.717) is 17.2 Å². The summed E-state index contributed by atoms with van der Waals surface area (Å²) in [5.41, 5.74) is 0.715.